The van der Waals surface area contributed by atoms with Gasteiger partial charge in [0.05, 0.1) is 18.4 Å². The summed E-state index contributed by atoms with van der Waals surface area (Å²) in [6.07, 6.45) is 4.32. The van der Waals surface area contributed by atoms with Gasteiger partial charge in [0.25, 0.3) is 0 Å². The van der Waals surface area contributed by atoms with E-state index in [2.05, 4.69) is 21.5 Å². The molecule has 1 heterocycles. The second-order valence-corrected chi connectivity index (χ2v) is 4.80. The SMILES string of the molecule is CCN(Cc1ccc(C(=O)OC)cn1)CC1CC1. The van der Waals surface area contributed by atoms with Gasteiger partial charge in [-0.05, 0) is 37.4 Å². The van der Waals surface area contributed by atoms with Gasteiger partial charge in [0.15, 0.2) is 0 Å². The van der Waals surface area contributed by atoms with Crippen molar-refractivity contribution in [3.05, 3.63) is 29.6 Å². The molecule has 0 atom stereocenters. The van der Waals surface area contributed by atoms with Gasteiger partial charge in [0.2, 0.25) is 0 Å². The van der Waals surface area contributed by atoms with Crippen molar-refractivity contribution < 1.29 is 9.53 Å². The summed E-state index contributed by atoms with van der Waals surface area (Å²) < 4.78 is 4.65. The molecule has 1 fully saturated rings. The predicted octanol–water partition coefficient (Wildman–Crippen LogP) is 2.10. The first-order valence-corrected chi connectivity index (χ1v) is 6.48. The number of esters is 1. The lowest BCUT2D eigenvalue weighted by Crippen LogP contribution is -2.25. The molecule has 2 rings (SSSR count). The number of pyridine rings is 1. The molecule has 98 valence electrons. The van der Waals surface area contributed by atoms with Crippen LogP contribution in [0.4, 0.5) is 0 Å². The number of aromatic nitrogens is 1. The lowest BCUT2D eigenvalue weighted by Gasteiger charge is -2.19. The molecule has 0 bridgehead atoms. The van der Waals surface area contributed by atoms with E-state index in [-0.39, 0.29) is 5.97 Å². The van der Waals surface area contributed by atoms with Crippen LogP contribution < -0.4 is 0 Å². The van der Waals surface area contributed by atoms with E-state index >= 15 is 0 Å². The smallest absolute Gasteiger partial charge is 0.339 e. The molecule has 0 N–H and O–H groups in total. The van der Waals surface area contributed by atoms with Crippen molar-refractivity contribution in [2.45, 2.75) is 26.3 Å². The van der Waals surface area contributed by atoms with E-state index in [9.17, 15) is 4.79 Å². The van der Waals surface area contributed by atoms with Crippen LogP contribution in [0.25, 0.3) is 0 Å². The Labute approximate surface area is 108 Å². The molecule has 1 aliphatic carbocycles. The molecular formula is C14H20N2O2. The van der Waals surface area contributed by atoms with E-state index < -0.39 is 0 Å². The van der Waals surface area contributed by atoms with E-state index in [1.54, 1.807) is 12.3 Å². The number of ether oxygens (including phenoxy) is 1. The third kappa shape index (κ3) is 3.53. The van der Waals surface area contributed by atoms with E-state index in [4.69, 9.17) is 0 Å². The molecule has 0 amide bonds. The minimum Gasteiger partial charge on any atom is -0.465 e. The molecule has 1 saturated carbocycles. The summed E-state index contributed by atoms with van der Waals surface area (Å²) in [4.78, 5) is 18.0. The van der Waals surface area contributed by atoms with Gasteiger partial charge in [0, 0.05) is 19.3 Å². The quantitative estimate of drug-likeness (QED) is 0.723. The average Bonchev–Trinajstić information content (AvgIpc) is 3.22. The minimum atomic E-state index is -0.334. The zero-order chi connectivity index (χ0) is 13.0. The molecule has 0 radical (unpaired) electrons. The molecule has 4 nitrogen and oxygen atoms in total. The minimum absolute atomic E-state index is 0.334. The summed E-state index contributed by atoms with van der Waals surface area (Å²) in [7, 11) is 1.38. The summed E-state index contributed by atoms with van der Waals surface area (Å²) in [6, 6.07) is 3.68. The van der Waals surface area contributed by atoms with Crippen LogP contribution >= 0.6 is 0 Å². The van der Waals surface area contributed by atoms with Crippen molar-refractivity contribution in [3.63, 3.8) is 0 Å². The first kappa shape index (κ1) is 13.0. The molecule has 18 heavy (non-hydrogen) atoms. The zero-order valence-electron chi connectivity index (χ0n) is 11.1. The molecule has 4 heteroatoms. The number of methoxy groups -OCH3 is 1. The fourth-order valence-electron chi connectivity index (χ4n) is 1.96. The third-order valence-corrected chi connectivity index (χ3v) is 3.29. The third-order valence-electron chi connectivity index (χ3n) is 3.29. The molecule has 1 aromatic heterocycles. The highest BCUT2D eigenvalue weighted by Crippen LogP contribution is 2.29. The summed E-state index contributed by atoms with van der Waals surface area (Å²) >= 11 is 0. The lowest BCUT2D eigenvalue weighted by molar-refractivity contribution is 0.0600. The average molecular weight is 248 g/mol. The Hall–Kier alpha value is -1.42. The van der Waals surface area contributed by atoms with Crippen molar-refractivity contribution in [1.82, 2.24) is 9.88 Å². The highest BCUT2D eigenvalue weighted by molar-refractivity contribution is 5.88. The van der Waals surface area contributed by atoms with Crippen LogP contribution in [0.2, 0.25) is 0 Å². The van der Waals surface area contributed by atoms with Gasteiger partial charge in [-0.1, -0.05) is 6.92 Å². The molecule has 0 saturated heterocycles. The van der Waals surface area contributed by atoms with Crippen LogP contribution in [0, 0.1) is 5.92 Å². The Morgan fingerprint density at radius 2 is 2.28 bits per heavy atom. The fraction of sp³-hybridized carbons (Fsp3) is 0.571. The predicted molar refractivity (Wildman–Crippen MR) is 69.3 cm³/mol. The first-order valence-electron chi connectivity index (χ1n) is 6.48. The maximum atomic E-state index is 11.3. The van der Waals surface area contributed by atoms with Gasteiger partial charge in [-0.3, -0.25) is 9.88 Å². The van der Waals surface area contributed by atoms with Gasteiger partial charge >= 0.3 is 5.97 Å². The molecule has 0 aromatic carbocycles. The number of rotatable bonds is 6. The zero-order valence-corrected chi connectivity index (χ0v) is 11.1. The largest absolute Gasteiger partial charge is 0.465 e. The Morgan fingerprint density at radius 1 is 1.50 bits per heavy atom. The highest BCUT2D eigenvalue weighted by atomic mass is 16.5. The Morgan fingerprint density at radius 3 is 2.78 bits per heavy atom. The number of nitrogens with zero attached hydrogens (tertiary/aromatic N) is 2. The van der Waals surface area contributed by atoms with Crippen LogP contribution in [0.15, 0.2) is 18.3 Å². The van der Waals surface area contributed by atoms with Crippen molar-refractivity contribution in [2.24, 2.45) is 5.92 Å². The molecule has 1 aromatic rings. The standard InChI is InChI=1S/C14H20N2O2/c1-3-16(9-11-4-5-11)10-13-7-6-12(8-15-13)14(17)18-2/h6-8,11H,3-5,9-10H2,1-2H3. The van der Waals surface area contributed by atoms with E-state index in [1.807, 2.05) is 6.07 Å². The maximum Gasteiger partial charge on any atom is 0.339 e. The van der Waals surface area contributed by atoms with Crippen molar-refractivity contribution >= 4 is 5.97 Å². The molecule has 0 spiro atoms. The number of hydrogen-bond acceptors (Lipinski definition) is 4. The molecule has 0 aliphatic heterocycles. The van der Waals surface area contributed by atoms with Crippen molar-refractivity contribution in [3.8, 4) is 0 Å². The van der Waals surface area contributed by atoms with Crippen molar-refractivity contribution in [2.75, 3.05) is 20.2 Å². The fourth-order valence-corrected chi connectivity index (χ4v) is 1.96. The van der Waals surface area contributed by atoms with Crippen LogP contribution in [0.5, 0.6) is 0 Å². The summed E-state index contributed by atoms with van der Waals surface area (Å²) in [5.74, 6) is 0.554. The Bertz CT molecular complexity index is 399. The van der Waals surface area contributed by atoms with Crippen LogP contribution in [-0.4, -0.2) is 36.1 Å². The Kier molecular flexibility index (Phi) is 4.31. The van der Waals surface area contributed by atoms with Crippen LogP contribution in [0.3, 0.4) is 0 Å². The molecular weight excluding hydrogens is 228 g/mol. The van der Waals surface area contributed by atoms with Crippen LogP contribution in [0.1, 0.15) is 35.8 Å². The highest BCUT2D eigenvalue weighted by Gasteiger charge is 2.23. The van der Waals surface area contributed by atoms with E-state index in [0.29, 0.717) is 5.56 Å². The Balaban J connectivity index is 1.93. The summed E-state index contributed by atoms with van der Waals surface area (Å²) in [5, 5.41) is 0. The van der Waals surface area contributed by atoms with Gasteiger partial charge in [-0.15, -0.1) is 0 Å². The number of carbonyl (C=O) groups excluding carboxylic acids is 1. The lowest BCUT2D eigenvalue weighted by atomic mass is 10.2. The maximum absolute atomic E-state index is 11.3. The first-order chi connectivity index (χ1) is 8.72. The van der Waals surface area contributed by atoms with Gasteiger partial charge in [-0.2, -0.15) is 0 Å². The monoisotopic (exact) mass is 248 g/mol. The van der Waals surface area contributed by atoms with E-state index in [1.165, 1.54) is 20.0 Å². The van der Waals surface area contributed by atoms with E-state index in [0.717, 1.165) is 31.2 Å². The van der Waals surface area contributed by atoms with Crippen molar-refractivity contribution in [1.29, 1.82) is 0 Å². The van der Waals surface area contributed by atoms with Gasteiger partial charge in [-0.25, -0.2) is 4.79 Å². The summed E-state index contributed by atoms with van der Waals surface area (Å²) in [5.41, 5.74) is 1.51. The number of carbonyl (C=O) groups is 1. The topological polar surface area (TPSA) is 42.4 Å². The number of hydrogen-bond donors (Lipinski definition) is 0. The second-order valence-electron chi connectivity index (χ2n) is 4.80. The molecule has 1 aliphatic rings. The van der Waals surface area contributed by atoms with Gasteiger partial charge in [0.1, 0.15) is 0 Å². The second kappa shape index (κ2) is 5.96. The molecule has 0 unspecified atom stereocenters. The summed E-state index contributed by atoms with van der Waals surface area (Å²) in [6.45, 7) is 5.23. The van der Waals surface area contributed by atoms with Crippen LogP contribution in [-0.2, 0) is 11.3 Å². The van der Waals surface area contributed by atoms with Gasteiger partial charge < -0.3 is 4.74 Å². The normalized spacial score (nSPS) is 14.8.